The lowest BCUT2D eigenvalue weighted by Crippen LogP contribution is -2.35. The summed E-state index contributed by atoms with van der Waals surface area (Å²) in [6.07, 6.45) is 5.82. The van der Waals surface area contributed by atoms with Gasteiger partial charge in [0.2, 0.25) is 5.95 Å². The van der Waals surface area contributed by atoms with Gasteiger partial charge in [0.25, 0.3) is 5.91 Å². The topological polar surface area (TPSA) is 111 Å². The van der Waals surface area contributed by atoms with Crippen LogP contribution in [0.2, 0.25) is 0 Å². The summed E-state index contributed by atoms with van der Waals surface area (Å²) in [5.41, 5.74) is 1.38. The number of carbonyl (C=O) groups excluding carboxylic acids is 3. The molecule has 1 aliphatic carbocycles. The minimum absolute atomic E-state index is 0.108. The van der Waals surface area contributed by atoms with Crippen LogP contribution in [0.4, 0.5) is 10.9 Å². The predicted molar refractivity (Wildman–Crippen MR) is 116 cm³/mol. The second kappa shape index (κ2) is 10.3. The molecule has 31 heavy (non-hydrogen) atoms. The molecule has 0 fully saturated rings. The van der Waals surface area contributed by atoms with Gasteiger partial charge < -0.3 is 19.7 Å². The van der Waals surface area contributed by atoms with Crippen LogP contribution in [0, 0.1) is 0 Å². The summed E-state index contributed by atoms with van der Waals surface area (Å²) in [5.74, 6) is -1.16. The third kappa shape index (κ3) is 5.57. The van der Waals surface area contributed by atoms with Crippen molar-refractivity contribution < 1.29 is 23.9 Å². The van der Waals surface area contributed by atoms with Crippen molar-refractivity contribution >= 4 is 40.1 Å². The van der Waals surface area contributed by atoms with Gasteiger partial charge >= 0.3 is 11.9 Å². The lowest BCUT2D eigenvalue weighted by Gasteiger charge is -2.18. The Labute approximate surface area is 184 Å². The first-order valence-electron chi connectivity index (χ1n) is 10.2. The van der Waals surface area contributed by atoms with Crippen molar-refractivity contribution in [1.29, 1.82) is 0 Å². The maximum absolute atomic E-state index is 12.7. The Morgan fingerprint density at radius 2 is 1.94 bits per heavy atom. The second-order valence-electron chi connectivity index (χ2n) is 7.16. The zero-order valence-corrected chi connectivity index (χ0v) is 18.7. The van der Waals surface area contributed by atoms with Gasteiger partial charge in [0.15, 0.2) is 6.10 Å². The fraction of sp³-hybridized carbons (Fsp3) is 0.476. The SMILES string of the molecule is CCOC(=O)c1c(NC(=O)C(C)OC(=O)CN(C)c2ncccn2)sc2c1CCCC2. The van der Waals surface area contributed by atoms with E-state index in [0.29, 0.717) is 16.5 Å². The van der Waals surface area contributed by atoms with Gasteiger partial charge in [0.1, 0.15) is 11.5 Å². The van der Waals surface area contributed by atoms with Gasteiger partial charge in [-0.3, -0.25) is 9.59 Å². The summed E-state index contributed by atoms with van der Waals surface area (Å²) < 4.78 is 10.5. The Morgan fingerprint density at radius 3 is 2.65 bits per heavy atom. The minimum Gasteiger partial charge on any atom is -0.462 e. The molecule has 2 aromatic rings. The number of aryl methyl sites for hydroxylation is 1. The van der Waals surface area contributed by atoms with Crippen molar-refractivity contribution in [1.82, 2.24) is 9.97 Å². The van der Waals surface area contributed by atoms with Crippen LogP contribution in [0.15, 0.2) is 18.5 Å². The molecule has 0 aliphatic heterocycles. The quantitative estimate of drug-likeness (QED) is 0.616. The number of amides is 1. The number of hydrogen-bond donors (Lipinski definition) is 1. The second-order valence-corrected chi connectivity index (χ2v) is 8.27. The summed E-state index contributed by atoms with van der Waals surface area (Å²) in [5, 5.41) is 3.21. The molecule has 1 unspecified atom stereocenters. The van der Waals surface area contributed by atoms with E-state index in [1.54, 1.807) is 32.4 Å². The van der Waals surface area contributed by atoms with E-state index in [-0.39, 0.29) is 13.2 Å². The normalized spacial score (nSPS) is 13.6. The zero-order valence-electron chi connectivity index (χ0n) is 17.8. The maximum atomic E-state index is 12.7. The van der Waals surface area contributed by atoms with Gasteiger partial charge in [0, 0.05) is 24.3 Å². The highest BCUT2D eigenvalue weighted by molar-refractivity contribution is 7.17. The van der Waals surface area contributed by atoms with Crippen LogP contribution in [0.3, 0.4) is 0 Å². The molecule has 1 N–H and O–H groups in total. The van der Waals surface area contributed by atoms with E-state index in [1.807, 2.05) is 0 Å². The number of carbonyl (C=O) groups is 3. The highest BCUT2D eigenvalue weighted by Gasteiger charge is 2.29. The van der Waals surface area contributed by atoms with Crippen LogP contribution in [0.25, 0.3) is 0 Å². The summed E-state index contributed by atoms with van der Waals surface area (Å²) in [6, 6.07) is 1.68. The molecule has 2 heterocycles. The molecule has 0 saturated carbocycles. The largest absolute Gasteiger partial charge is 0.462 e. The molecule has 1 aliphatic rings. The zero-order chi connectivity index (χ0) is 22.4. The fourth-order valence-corrected chi connectivity index (χ4v) is 4.61. The van der Waals surface area contributed by atoms with E-state index in [2.05, 4.69) is 15.3 Å². The molecule has 9 nitrogen and oxygen atoms in total. The molecule has 2 aromatic heterocycles. The molecule has 1 atom stereocenters. The van der Waals surface area contributed by atoms with Crippen molar-refractivity contribution in [2.75, 3.05) is 30.4 Å². The molecule has 0 spiro atoms. The highest BCUT2D eigenvalue weighted by Crippen LogP contribution is 2.38. The number of thiophene rings is 1. The number of likely N-dealkylation sites (N-methyl/N-ethyl adjacent to an activating group) is 1. The number of nitrogens with one attached hydrogen (secondary N) is 1. The van der Waals surface area contributed by atoms with Crippen LogP contribution in [-0.2, 0) is 31.9 Å². The van der Waals surface area contributed by atoms with Crippen molar-refractivity contribution in [3.63, 3.8) is 0 Å². The summed E-state index contributed by atoms with van der Waals surface area (Å²) in [7, 11) is 1.66. The number of hydrogen-bond acceptors (Lipinski definition) is 9. The highest BCUT2D eigenvalue weighted by atomic mass is 32.1. The fourth-order valence-electron chi connectivity index (χ4n) is 3.33. The molecule has 1 amide bonds. The molecule has 0 radical (unpaired) electrons. The number of aromatic nitrogens is 2. The van der Waals surface area contributed by atoms with E-state index >= 15 is 0 Å². The third-order valence-corrected chi connectivity index (χ3v) is 6.03. The van der Waals surface area contributed by atoms with Crippen molar-refractivity contribution in [3.05, 3.63) is 34.5 Å². The molecule has 166 valence electrons. The molecular formula is C21H26N4O5S. The Morgan fingerprint density at radius 1 is 1.23 bits per heavy atom. The number of ether oxygens (including phenoxy) is 2. The molecule has 0 saturated heterocycles. The number of fused-ring (bicyclic) bond motifs is 1. The van der Waals surface area contributed by atoms with Crippen molar-refractivity contribution in [3.8, 4) is 0 Å². The number of esters is 2. The molecular weight excluding hydrogens is 420 g/mol. The van der Waals surface area contributed by atoms with E-state index in [4.69, 9.17) is 9.47 Å². The van der Waals surface area contributed by atoms with Gasteiger partial charge in [-0.2, -0.15) is 0 Å². The van der Waals surface area contributed by atoms with Gasteiger partial charge in [-0.15, -0.1) is 11.3 Å². The third-order valence-electron chi connectivity index (χ3n) is 4.82. The average Bonchev–Trinajstić information content (AvgIpc) is 3.12. The maximum Gasteiger partial charge on any atom is 0.341 e. The van der Waals surface area contributed by atoms with Crippen molar-refractivity contribution in [2.24, 2.45) is 0 Å². The molecule has 3 rings (SSSR count). The Bertz CT molecular complexity index is 947. The number of anilines is 2. The van der Waals surface area contributed by atoms with Crippen LogP contribution < -0.4 is 10.2 Å². The van der Waals surface area contributed by atoms with Gasteiger partial charge in [-0.05, 0) is 51.2 Å². The average molecular weight is 447 g/mol. The van der Waals surface area contributed by atoms with Crippen LogP contribution in [-0.4, -0.2) is 54.1 Å². The monoisotopic (exact) mass is 446 g/mol. The standard InChI is InChI=1S/C21H26N4O5S/c1-4-29-20(28)17-14-8-5-6-9-15(14)31-19(17)24-18(27)13(2)30-16(26)12-25(3)21-22-10-7-11-23-21/h7,10-11,13H,4-6,8-9,12H2,1-3H3,(H,24,27). The first-order valence-corrected chi connectivity index (χ1v) is 11.0. The first kappa shape index (κ1) is 22.7. The first-order chi connectivity index (χ1) is 14.9. The summed E-state index contributed by atoms with van der Waals surface area (Å²) in [4.78, 5) is 48.2. The van der Waals surface area contributed by atoms with E-state index in [0.717, 1.165) is 36.1 Å². The number of rotatable bonds is 8. The molecule has 0 bridgehead atoms. The van der Waals surface area contributed by atoms with Crippen molar-refractivity contribution in [2.45, 2.75) is 45.6 Å². The predicted octanol–water partition coefficient (Wildman–Crippen LogP) is 2.60. The van der Waals surface area contributed by atoms with Crippen LogP contribution >= 0.6 is 11.3 Å². The minimum atomic E-state index is -1.04. The Balaban J connectivity index is 1.64. The lowest BCUT2D eigenvalue weighted by molar-refractivity contribution is -0.151. The smallest absolute Gasteiger partial charge is 0.341 e. The molecule has 0 aromatic carbocycles. The summed E-state index contributed by atoms with van der Waals surface area (Å²) in [6.45, 7) is 3.38. The van der Waals surface area contributed by atoms with Gasteiger partial charge in [-0.25, -0.2) is 14.8 Å². The number of nitrogens with zero attached hydrogens (tertiary/aromatic N) is 3. The van der Waals surface area contributed by atoms with Crippen LogP contribution in [0.1, 0.15) is 47.5 Å². The van der Waals surface area contributed by atoms with E-state index < -0.39 is 23.9 Å². The Hall–Kier alpha value is -3.01. The lowest BCUT2D eigenvalue weighted by atomic mass is 9.95. The van der Waals surface area contributed by atoms with E-state index in [1.165, 1.54) is 23.2 Å². The van der Waals surface area contributed by atoms with Gasteiger partial charge in [0.05, 0.1) is 12.2 Å². The Kier molecular flexibility index (Phi) is 7.56. The van der Waals surface area contributed by atoms with Crippen LogP contribution in [0.5, 0.6) is 0 Å². The van der Waals surface area contributed by atoms with Gasteiger partial charge in [-0.1, -0.05) is 0 Å². The van der Waals surface area contributed by atoms with E-state index in [9.17, 15) is 14.4 Å². The molecule has 10 heteroatoms. The summed E-state index contributed by atoms with van der Waals surface area (Å²) >= 11 is 1.39.